The van der Waals surface area contributed by atoms with E-state index in [1.54, 1.807) is 26.1 Å². The Morgan fingerprint density at radius 2 is 1.79 bits per heavy atom. The van der Waals surface area contributed by atoms with E-state index in [-0.39, 0.29) is 38.7 Å². The van der Waals surface area contributed by atoms with Crippen LogP contribution >= 0.6 is 0 Å². The van der Waals surface area contributed by atoms with Gasteiger partial charge in [0.15, 0.2) is 0 Å². The molecule has 1 fully saturated rings. The number of carbonyl (C=O) groups is 4. The first-order valence-corrected chi connectivity index (χ1v) is 12.5. The summed E-state index contributed by atoms with van der Waals surface area (Å²) < 4.78 is 18.6. The van der Waals surface area contributed by atoms with E-state index in [2.05, 4.69) is 5.32 Å². The van der Waals surface area contributed by atoms with Crippen LogP contribution in [0.3, 0.4) is 0 Å². The van der Waals surface area contributed by atoms with Crippen LogP contribution in [0.4, 0.5) is 9.18 Å². The van der Waals surface area contributed by atoms with Crippen LogP contribution in [0.25, 0.3) is 0 Å². The molecule has 39 heavy (non-hydrogen) atoms. The molecule has 0 aliphatic carbocycles. The van der Waals surface area contributed by atoms with Gasteiger partial charge in [0.25, 0.3) is 0 Å². The van der Waals surface area contributed by atoms with E-state index in [0.717, 1.165) is 16.0 Å². The Labute approximate surface area is 226 Å². The van der Waals surface area contributed by atoms with Gasteiger partial charge in [-0.25, -0.2) is 19.2 Å². The maximum Gasteiger partial charge on any atom is 0.334 e. The third-order valence-corrected chi connectivity index (χ3v) is 6.39. The van der Waals surface area contributed by atoms with Crippen LogP contribution in [-0.2, 0) is 32.3 Å². The molecule has 0 saturated carbocycles. The zero-order valence-electron chi connectivity index (χ0n) is 22.2. The van der Waals surface area contributed by atoms with Crippen molar-refractivity contribution in [1.82, 2.24) is 25.1 Å². The molecule has 12 heteroatoms. The number of hydrazine groups is 1. The zero-order chi connectivity index (χ0) is 28.5. The van der Waals surface area contributed by atoms with Crippen LogP contribution in [0.2, 0.25) is 0 Å². The van der Waals surface area contributed by atoms with Gasteiger partial charge in [0.2, 0.25) is 11.8 Å². The standard InChI is InChI=1S/C27H34FN5O6/c1-19-32(24(34)17-31(3)33(19)27(38)29-16-20-7-5-4-6-8-20)23(15-25(35)36)26(37)30(2)13-14-39-18-21-9-11-22(28)12-10-21/h4-12,19,23H,13-18H2,1-3H3,(H,29,38)(H,35,36)/t19-,23-/m0/s1. The molecule has 1 heterocycles. The SMILES string of the molecule is C[C@H]1N([C@@H](CC(=O)O)C(=O)N(C)CCOCc2ccc(F)cc2)C(=O)CN(C)N1C(=O)NCc1ccccc1. The van der Waals surface area contributed by atoms with Gasteiger partial charge in [0.1, 0.15) is 18.0 Å². The third kappa shape index (κ3) is 7.98. The molecule has 2 N–H and O–H groups in total. The predicted octanol–water partition coefficient (Wildman–Crippen LogP) is 1.89. The Morgan fingerprint density at radius 3 is 2.44 bits per heavy atom. The van der Waals surface area contributed by atoms with Crippen LogP contribution < -0.4 is 5.32 Å². The number of amides is 4. The molecule has 0 bridgehead atoms. The fourth-order valence-corrected chi connectivity index (χ4v) is 4.39. The number of nitrogens with one attached hydrogen (secondary N) is 1. The summed E-state index contributed by atoms with van der Waals surface area (Å²) in [6.45, 7) is 2.10. The Kier molecular flexibility index (Phi) is 10.4. The van der Waals surface area contributed by atoms with E-state index in [4.69, 9.17) is 4.74 Å². The summed E-state index contributed by atoms with van der Waals surface area (Å²) in [7, 11) is 3.07. The summed E-state index contributed by atoms with van der Waals surface area (Å²) in [6, 6.07) is 13.3. The largest absolute Gasteiger partial charge is 0.481 e. The van der Waals surface area contributed by atoms with Crippen molar-refractivity contribution in [3.8, 4) is 0 Å². The number of halogens is 1. The van der Waals surface area contributed by atoms with Crippen molar-refractivity contribution >= 4 is 23.8 Å². The van der Waals surface area contributed by atoms with E-state index in [1.165, 1.54) is 34.1 Å². The lowest BCUT2D eigenvalue weighted by Crippen LogP contribution is -2.69. The summed E-state index contributed by atoms with van der Waals surface area (Å²) in [5, 5.41) is 15.1. The molecule has 2 aromatic carbocycles. The van der Waals surface area contributed by atoms with E-state index in [1.807, 2.05) is 30.3 Å². The van der Waals surface area contributed by atoms with Gasteiger partial charge in [-0.05, 0) is 30.2 Å². The van der Waals surface area contributed by atoms with Gasteiger partial charge in [-0.1, -0.05) is 42.5 Å². The average molecular weight is 544 g/mol. The fourth-order valence-electron chi connectivity index (χ4n) is 4.39. The third-order valence-electron chi connectivity index (χ3n) is 6.39. The molecule has 2 aromatic rings. The molecule has 3 rings (SSSR count). The second kappa shape index (κ2) is 13.7. The van der Waals surface area contributed by atoms with Gasteiger partial charge in [0.05, 0.1) is 26.2 Å². The number of urea groups is 1. The number of aliphatic carboxylic acids is 1. The Hall–Kier alpha value is -4.03. The summed E-state index contributed by atoms with van der Waals surface area (Å²) in [5.74, 6) is -2.67. The number of carbonyl (C=O) groups excluding carboxylic acids is 3. The predicted molar refractivity (Wildman–Crippen MR) is 139 cm³/mol. The monoisotopic (exact) mass is 543 g/mol. The first kappa shape index (κ1) is 29.5. The molecule has 1 saturated heterocycles. The minimum absolute atomic E-state index is 0.133. The van der Waals surface area contributed by atoms with E-state index < -0.39 is 42.4 Å². The van der Waals surface area contributed by atoms with Crippen molar-refractivity contribution in [3.05, 3.63) is 71.5 Å². The Morgan fingerprint density at radius 1 is 1.13 bits per heavy atom. The highest BCUT2D eigenvalue weighted by molar-refractivity contribution is 5.92. The number of likely N-dealkylation sites (N-methyl/N-ethyl adjacent to an activating group) is 2. The molecule has 0 unspecified atom stereocenters. The number of hydrogen-bond donors (Lipinski definition) is 2. The first-order valence-electron chi connectivity index (χ1n) is 12.5. The number of ether oxygens (including phenoxy) is 1. The summed E-state index contributed by atoms with van der Waals surface area (Å²) in [6.07, 6.45) is -1.55. The lowest BCUT2D eigenvalue weighted by Gasteiger charge is -2.48. The summed E-state index contributed by atoms with van der Waals surface area (Å²) in [4.78, 5) is 53.7. The van der Waals surface area contributed by atoms with Gasteiger partial charge in [0, 0.05) is 27.2 Å². The molecule has 1 aliphatic heterocycles. The lowest BCUT2D eigenvalue weighted by atomic mass is 10.1. The molecule has 11 nitrogen and oxygen atoms in total. The van der Waals surface area contributed by atoms with Crippen molar-refractivity contribution in [3.63, 3.8) is 0 Å². The van der Waals surface area contributed by atoms with E-state index in [0.29, 0.717) is 0 Å². The summed E-state index contributed by atoms with van der Waals surface area (Å²) in [5.41, 5.74) is 1.64. The van der Waals surface area contributed by atoms with Gasteiger partial charge >= 0.3 is 12.0 Å². The number of benzene rings is 2. The van der Waals surface area contributed by atoms with Gasteiger partial charge < -0.3 is 25.0 Å². The molecule has 0 radical (unpaired) electrons. The van der Waals surface area contributed by atoms with Crippen molar-refractivity contribution < 1.29 is 33.4 Å². The smallest absolute Gasteiger partial charge is 0.334 e. The Bertz CT molecular complexity index is 1150. The second-order valence-electron chi connectivity index (χ2n) is 9.29. The lowest BCUT2D eigenvalue weighted by molar-refractivity contribution is -0.173. The molecule has 210 valence electrons. The molecular weight excluding hydrogens is 509 g/mol. The number of nitrogens with zero attached hydrogens (tertiary/aromatic N) is 4. The highest BCUT2D eigenvalue weighted by Gasteiger charge is 2.44. The number of carboxylic acid groups (broad SMARTS) is 1. The molecule has 0 aromatic heterocycles. The maximum atomic E-state index is 13.4. The minimum Gasteiger partial charge on any atom is -0.481 e. The van der Waals surface area contributed by atoms with Gasteiger partial charge in [-0.2, -0.15) is 0 Å². The topological polar surface area (TPSA) is 123 Å². The molecule has 0 spiro atoms. The second-order valence-corrected chi connectivity index (χ2v) is 9.29. The molecule has 4 amide bonds. The van der Waals surface area contributed by atoms with Crippen LogP contribution in [0, 0.1) is 5.82 Å². The van der Waals surface area contributed by atoms with Crippen LogP contribution in [-0.4, -0.2) is 94.7 Å². The minimum atomic E-state index is -1.33. The number of carboxylic acids is 1. The highest BCUT2D eigenvalue weighted by atomic mass is 19.1. The zero-order valence-corrected chi connectivity index (χ0v) is 22.2. The van der Waals surface area contributed by atoms with Gasteiger partial charge in [-0.15, -0.1) is 0 Å². The molecule has 2 atom stereocenters. The quantitative estimate of drug-likeness (QED) is 0.415. The normalized spacial score (nSPS) is 16.6. The van der Waals surface area contributed by atoms with Gasteiger partial charge in [-0.3, -0.25) is 14.4 Å². The number of hydrogen-bond acceptors (Lipinski definition) is 6. The van der Waals surface area contributed by atoms with Crippen molar-refractivity contribution in [2.45, 2.75) is 38.7 Å². The first-order chi connectivity index (χ1) is 18.6. The highest BCUT2D eigenvalue weighted by Crippen LogP contribution is 2.22. The van der Waals surface area contributed by atoms with Crippen LogP contribution in [0.1, 0.15) is 24.5 Å². The van der Waals surface area contributed by atoms with E-state index >= 15 is 0 Å². The maximum absolute atomic E-state index is 13.4. The van der Waals surface area contributed by atoms with Crippen LogP contribution in [0.5, 0.6) is 0 Å². The average Bonchev–Trinajstić information content (AvgIpc) is 2.90. The molecular formula is C27H34FN5O6. The summed E-state index contributed by atoms with van der Waals surface area (Å²) >= 11 is 0. The fraction of sp³-hybridized carbons (Fsp3) is 0.407. The Balaban J connectivity index is 1.66. The van der Waals surface area contributed by atoms with Crippen molar-refractivity contribution in [1.29, 1.82) is 0 Å². The van der Waals surface area contributed by atoms with Crippen molar-refractivity contribution in [2.75, 3.05) is 33.8 Å². The van der Waals surface area contributed by atoms with Crippen molar-refractivity contribution in [2.24, 2.45) is 0 Å². The molecule has 1 aliphatic rings. The van der Waals surface area contributed by atoms with Crippen LogP contribution in [0.15, 0.2) is 54.6 Å². The van der Waals surface area contributed by atoms with E-state index in [9.17, 15) is 28.7 Å². The number of rotatable bonds is 11.